The van der Waals surface area contributed by atoms with Gasteiger partial charge in [0.05, 0.1) is 38.5 Å². The van der Waals surface area contributed by atoms with Gasteiger partial charge in [0, 0.05) is 32.9 Å². The molecular formula is C48H34N2Si. The van der Waals surface area contributed by atoms with Gasteiger partial charge in [0.2, 0.25) is 0 Å². The highest BCUT2D eigenvalue weighted by molar-refractivity contribution is 7.19. The molecule has 3 heteroatoms. The number of hydrogen-bond donors (Lipinski definition) is 0. The third-order valence-corrected chi connectivity index (χ3v) is 14.6. The Morgan fingerprint density at radius 3 is 1.25 bits per heavy atom. The van der Waals surface area contributed by atoms with Crippen LogP contribution in [0.3, 0.4) is 0 Å². The van der Waals surface area contributed by atoms with Gasteiger partial charge in [-0.1, -0.05) is 158 Å². The Hall–Kier alpha value is -6.42. The van der Waals surface area contributed by atoms with Crippen LogP contribution in [0.2, 0.25) is 0 Å². The van der Waals surface area contributed by atoms with Gasteiger partial charge >= 0.3 is 0 Å². The zero-order valence-corrected chi connectivity index (χ0v) is 28.1. The summed E-state index contributed by atoms with van der Waals surface area (Å²) < 4.78 is 110. The first kappa shape index (κ1) is 19.7. The van der Waals surface area contributed by atoms with E-state index in [4.69, 9.17) is 13.7 Å². The van der Waals surface area contributed by atoms with E-state index in [9.17, 15) is 2.74 Å². The first-order chi connectivity index (χ1) is 30.3. The lowest BCUT2D eigenvalue weighted by Crippen LogP contribution is -2.74. The molecule has 0 aliphatic heterocycles. The number of rotatable bonds is 6. The number of nitrogens with zero attached hydrogens (tertiary/aromatic N) is 2. The second-order valence-corrected chi connectivity index (χ2v) is 16.3. The van der Waals surface area contributed by atoms with E-state index < -0.39 is 68.5 Å². The molecule has 2 heterocycles. The fourth-order valence-corrected chi connectivity index (χ4v) is 12.5. The molecule has 2 nitrogen and oxygen atoms in total. The summed E-state index contributed by atoms with van der Waals surface area (Å²) in [5.74, 6) is 0. The minimum Gasteiger partial charge on any atom is -0.309 e. The van der Waals surface area contributed by atoms with Crippen molar-refractivity contribution in [1.82, 2.24) is 9.13 Å². The van der Waals surface area contributed by atoms with Crippen molar-refractivity contribution in [1.29, 1.82) is 0 Å². The molecule has 0 aliphatic carbocycles. The van der Waals surface area contributed by atoms with E-state index in [2.05, 4.69) is 48.5 Å². The Labute approximate surface area is 315 Å². The monoisotopic (exact) mass is 678 g/mol. The normalized spacial score (nSPS) is 15.2. The van der Waals surface area contributed by atoms with Crippen LogP contribution in [-0.2, 0) is 0 Å². The van der Waals surface area contributed by atoms with Crippen molar-refractivity contribution >= 4 is 72.4 Å². The summed E-state index contributed by atoms with van der Waals surface area (Å²) >= 11 is 0. The van der Waals surface area contributed by atoms with Crippen LogP contribution < -0.4 is 20.7 Å². The van der Waals surface area contributed by atoms with Crippen LogP contribution in [0.4, 0.5) is 0 Å². The first-order valence-corrected chi connectivity index (χ1v) is 18.6. The molecule has 2 aromatic heterocycles. The third-order valence-electron chi connectivity index (χ3n) is 9.83. The second kappa shape index (κ2) is 11.9. The minimum atomic E-state index is -3.05. The second-order valence-electron chi connectivity index (χ2n) is 12.4. The SMILES string of the molecule is [2H]c1c([2H])c([2H])c2c(c1[2H])c1cc(-n3c4c([2H])c([2H])c([2H])c([2H])c4c4c([2H])c([2H])c([2H])c([2H])c43)ccc1n2-c1cccc([Si](c2ccccc2)(c2ccccc2)c2ccccc2)c1. The van der Waals surface area contributed by atoms with E-state index >= 15 is 0 Å². The molecule has 0 bridgehead atoms. The van der Waals surface area contributed by atoms with Gasteiger partial charge in [0.15, 0.2) is 8.07 Å². The van der Waals surface area contributed by atoms with Crippen LogP contribution in [0.25, 0.3) is 55.0 Å². The van der Waals surface area contributed by atoms with Gasteiger partial charge in [-0.3, -0.25) is 0 Å². The zero-order valence-electron chi connectivity index (χ0n) is 39.1. The summed E-state index contributed by atoms with van der Waals surface area (Å²) in [6.45, 7) is 0. The maximum atomic E-state index is 9.35. The molecule has 0 spiro atoms. The van der Waals surface area contributed by atoms with Gasteiger partial charge in [0.25, 0.3) is 0 Å². The number of hydrogen-bond acceptors (Lipinski definition) is 0. The van der Waals surface area contributed by atoms with Crippen LogP contribution >= 0.6 is 0 Å². The Morgan fingerprint density at radius 2 is 0.745 bits per heavy atom. The van der Waals surface area contributed by atoms with Crippen LogP contribution in [0.15, 0.2) is 206 Å². The number of para-hydroxylation sites is 3. The largest absolute Gasteiger partial charge is 0.309 e. The zero-order chi connectivity index (χ0) is 44.2. The summed E-state index contributed by atoms with van der Waals surface area (Å²) in [4.78, 5) is 0. The number of benzene rings is 8. The molecule has 0 saturated heterocycles. The van der Waals surface area contributed by atoms with E-state index in [0.29, 0.717) is 16.6 Å². The summed E-state index contributed by atoms with van der Waals surface area (Å²) in [5.41, 5.74) is 1.55. The van der Waals surface area contributed by atoms with Crippen molar-refractivity contribution in [2.24, 2.45) is 0 Å². The van der Waals surface area contributed by atoms with Crippen molar-refractivity contribution in [2.45, 2.75) is 0 Å². The maximum Gasteiger partial charge on any atom is 0.179 e. The molecule has 0 radical (unpaired) electrons. The molecule has 0 amide bonds. The van der Waals surface area contributed by atoms with E-state index in [-0.39, 0.29) is 50.5 Å². The van der Waals surface area contributed by atoms with Crippen molar-refractivity contribution in [3.8, 4) is 11.4 Å². The van der Waals surface area contributed by atoms with Gasteiger partial charge in [-0.2, -0.15) is 0 Å². The van der Waals surface area contributed by atoms with Gasteiger partial charge in [-0.05, 0) is 69.2 Å². The number of fused-ring (bicyclic) bond motifs is 6. The highest BCUT2D eigenvalue weighted by Gasteiger charge is 2.41. The molecule has 0 N–H and O–H groups in total. The highest BCUT2D eigenvalue weighted by Crippen LogP contribution is 2.36. The molecule has 0 aliphatic rings. The molecule has 240 valence electrons. The summed E-state index contributed by atoms with van der Waals surface area (Å²) in [7, 11) is -3.05. The van der Waals surface area contributed by atoms with Crippen LogP contribution in [0.1, 0.15) is 16.4 Å². The fraction of sp³-hybridized carbons (Fsp3) is 0. The predicted octanol–water partition coefficient (Wildman–Crippen LogP) is 9.26. The predicted molar refractivity (Wildman–Crippen MR) is 219 cm³/mol. The molecule has 10 rings (SSSR count). The van der Waals surface area contributed by atoms with Crippen molar-refractivity contribution < 1.29 is 16.4 Å². The quantitative estimate of drug-likeness (QED) is 0.123. The molecular weight excluding hydrogens is 633 g/mol. The first-order valence-electron chi connectivity index (χ1n) is 22.6. The lowest BCUT2D eigenvalue weighted by atomic mass is 10.1. The van der Waals surface area contributed by atoms with E-state index in [1.165, 1.54) is 4.57 Å². The average molecular weight is 679 g/mol. The standard InChI is InChI=1S/C48H34N2Si/c1-4-18-37(19-5-1)51(38-20-6-2-7-21-38,39-22-8-3-9-23-39)40-24-16-17-35(33-40)49-47-30-15-12-27-43(47)44-34-36(31-32-48(44)49)50-45-28-13-10-25-41(45)42-26-11-14-29-46(42)50/h1-34H/i10D,11D,12D,13D,14D,15D,25D,26D,27D,28D,29D,30D. The van der Waals surface area contributed by atoms with Crippen LogP contribution in [-0.4, -0.2) is 17.2 Å². The fourth-order valence-electron chi connectivity index (χ4n) is 7.74. The lowest BCUT2D eigenvalue weighted by Gasteiger charge is -2.34. The van der Waals surface area contributed by atoms with Crippen molar-refractivity contribution in [2.75, 3.05) is 0 Å². The molecule has 0 unspecified atom stereocenters. The van der Waals surface area contributed by atoms with Crippen LogP contribution in [0.5, 0.6) is 0 Å². The van der Waals surface area contributed by atoms with Gasteiger partial charge in [-0.15, -0.1) is 0 Å². The average Bonchev–Trinajstić information content (AvgIpc) is 3.86. The highest BCUT2D eigenvalue weighted by atomic mass is 28.3. The Morgan fingerprint density at radius 1 is 0.333 bits per heavy atom. The third kappa shape index (κ3) is 4.49. The van der Waals surface area contributed by atoms with Crippen molar-refractivity contribution in [3.63, 3.8) is 0 Å². The maximum absolute atomic E-state index is 9.35. The van der Waals surface area contributed by atoms with E-state index in [0.717, 1.165) is 20.7 Å². The molecule has 10 aromatic rings. The molecule has 0 saturated carbocycles. The molecule has 0 fully saturated rings. The topological polar surface area (TPSA) is 9.86 Å². The van der Waals surface area contributed by atoms with Gasteiger partial charge in [0.1, 0.15) is 0 Å². The minimum absolute atomic E-state index is 0.0512. The van der Waals surface area contributed by atoms with Gasteiger partial charge < -0.3 is 9.13 Å². The smallest absolute Gasteiger partial charge is 0.179 e. The van der Waals surface area contributed by atoms with Crippen LogP contribution in [0, 0.1) is 0 Å². The molecule has 8 aromatic carbocycles. The summed E-state index contributed by atoms with van der Waals surface area (Å²) in [5, 5.41) is 4.96. The van der Waals surface area contributed by atoms with E-state index in [1.54, 1.807) is 18.2 Å². The Kier molecular flexibility index (Phi) is 4.58. The molecule has 51 heavy (non-hydrogen) atoms. The summed E-state index contributed by atoms with van der Waals surface area (Å²) in [6.07, 6.45) is 0. The van der Waals surface area contributed by atoms with E-state index in [1.807, 2.05) is 71.3 Å². The lowest BCUT2D eigenvalue weighted by molar-refractivity contribution is 1.17. The summed E-state index contributed by atoms with van der Waals surface area (Å²) in [6, 6.07) is 39.1. The Balaban J connectivity index is 1.33. The van der Waals surface area contributed by atoms with Crippen molar-refractivity contribution in [3.05, 3.63) is 206 Å². The Bertz CT molecular complexity index is 3360. The van der Waals surface area contributed by atoms with Gasteiger partial charge in [-0.25, -0.2) is 0 Å². The number of aromatic nitrogens is 2. The molecule has 0 atom stereocenters.